The van der Waals surface area contributed by atoms with E-state index in [2.05, 4.69) is 5.10 Å². The number of rotatable bonds is 5. The molecule has 0 fully saturated rings. The van der Waals surface area contributed by atoms with Crippen LogP contribution in [0.1, 0.15) is 11.3 Å². The number of hydrazone groups is 1. The molecule has 0 bridgehead atoms. The number of amides is 1. The van der Waals surface area contributed by atoms with E-state index in [4.69, 9.17) is 13.9 Å². The van der Waals surface area contributed by atoms with E-state index in [0.717, 1.165) is 5.56 Å². The van der Waals surface area contributed by atoms with Gasteiger partial charge in [0.25, 0.3) is 5.91 Å². The normalized spacial score (nSPS) is 15.1. The number of carbonyl (C=O) groups is 1. The molecule has 3 aromatic rings. The number of benzene rings is 2. The highest BCUT2D eigenvalue weighted by atomic mass is 16.5. The predicted octanol–water partition coefficient (Wildman–Crippen LogP) is 4.13. The number of anilines is 1. The van der Waals surface area contributed by atoms with Crippen LogP contribution >= 0.6 is 0 Å². The van der Waals surface area contributed by atoms with E-state index in [9.17, 15) is 4.79 Å². The molecule has 0 saturated heterocycles. The standard InChI is InChI=1S/C22H18N2O4/c1-26-18-11-10-15(14-20(18)27-2)13-17-21(19-9-6-12-28-19)23-24(22(17)25)16-7-4-3-5-8-16/h3-14H,1-2H3/b17-13+. The van der Waals surface area contributed by atoms with Crippen molar-refractivity contribution in [2.75, 3.05) is 19.2 Å². The summed E-state index contributed by atoms with van der Waals surface area (Å²) in [6.07, 6.45) is 3.33. The summed E-state index contributed by atoms with van der Waals surface area (Å²) in [5.41, 5.74) is 2.39. The van der Waals surface area contributed by atoms with Crippen molar-refractivity contribution < 1.29 is 18.7 Å². The first-order chi connectivity index (χ1) is 13.7. The lowest BCUT2D eigenvalue weighted by Crippen LogP contribution is -2.21. The molecule has 1 aliphatic heterocycles. The molecule has 1 aromatic heterocycles. The summed E-state index contributed by atoms with van der Waals surface area (Å²) in [6, 6.07) is 18.3. The third-order valence-corrected chi connectivity index (χ3v) is 4.35. The van der Waals surface area contributed by atoms with Crippen LogP contribution in [0.5, 0.6) is 11.5 Å². The van der Waals surface area contributed by atoms with Gasteiger partial charge in [0.1, 0.15) is 5.71 Å². The van der Waals surface area contributed by atoms with Crippen LogP contribution in [0.2, 0.25) is 0 Å². The lowest BCUT2D eigenvalue weighted by Gasteiger charge is -2.11. The maximum absolute atomic E-state index is 13.1. The van der Waals surface area contributed by atoms with Gasteiger partial charge in [-0.15, -0.1) is 0 Å². The molecule has 0 spiro atoms. The fraction of sp³-hybridized carbons (Fsp3) is 0.0909. The van der Waals surface area contributed by atoms with Gasteiger partial charge < -0.3 is 13.9 Å². The topological polar surface area (TPSA) is 64.3 Å². The van der Waals surface area contributed by atoms with Gasteiger partial charge in [-0.05, 0) is 48.0 Å². The minimum absolute atomic E-state index is 0.229. The molecule has 1 aliphatic rings. The number of carbonyl (C=O) groups excluding carboxylic acids is 1. The second-order valence-corrected chi connectivity index (χ2v) is 6.05. The van der Waals surface area contributed by atoms with Gasteiger partial charge in [-0.3, -0.25) is 4.79 Å². The van der Waals surface area contributed by atoms with E-state index >= 15 is 0 Å². The zero-order chi connectivity index (χ0) is 19.5. The van der Waals surface area contributed by atoms with Crippen LogP contribution in [0.15, 0.2) is 82.0 Å². The largest absolute Gasteiger partial charge is 0.493 e. The van der Waals surface area contributed by atoms with Crippen LogP contribution in [-0.4, -0.2) is 25.8 Å². The molecule has 0 unspecified atom stereocenters. The fourth-order valence-electron chi connectivity index (χ4n) is 2.99. The Hall–Kier alpha value is -3.80. The molecule has 0 aliphatic carbocycles. The summed E-state index contributed by atoms with van der Waals surface area (Å²) in [6.45, 7) is 0. The van der Waals surface area contributed by atoms with Crippen LogP contribution in [0.4, 0.5) is 5.69 Å². The highest BCUT2D eigenvalue weighted by Crippen LogP contribution is 2.31. The lowest BCUT2D eigenvalue weighted by atomic mass is 10.0. The molecule has 2 heterocycles. The minimum atomic E-state index is -0.229. The molecule has 6 heteroatoms. The van der Waals surface area contributed by atoms with Crippen molar-refractivity contribution in [3.8, 4) is 11.5 Å². The molecule has 140 valence electrons. The maximum atomic E-state index is 13.1. The summed E-state index contributed by atoms with van der Waals surface area (Å²) >= 11 is 0. The average Bonchev–Trinajstić information content (AvgIpc) is 3.37. The smallest absolute Gasteiger partial charge is 0.281 e. The first kappa shape index (κ1) is 17.6. The van der Waals surface area contributed by atoms with E-state index in [1.54, 1.807) is 44.8 Å². The third-order valence-electron chi connectivity index (χ3n) is 4.35. The van der Waals surface area contributed by atoms with Gasteiger partial charge in [-0.2, -0.15) is 10.1 Å². The Labute approximate surface area is 162 Å². The molecular weight excluding hydrogens is 356 g/mol. The Morgan fingerprint density at radius 1 is 0.964 bits per heavy atom. The van der Waals surface area contributed by atoms with E-state index < -0.39 is 0 Å². The van der Waals surface area contributed by atoms with Crippen molar-refractivity contribution in [2.24, 2.45) is 5.10 Å². The Balaban J connectivity index is 1.79. The van der Waals surface area contributed by atoms with Crippen LogP contribution in [0.25, 0.3) is 6.08 Å². The zero-order valence-corrected chi connectivity index (χ0v) is 15.5. The van der Waals surface area contributed by atoms with Crippen molar-refractivity contribution in [1.82, 2.24) is 0 Å². The zero-order valence-electron chi connectivity index (χ0n) is 15.5. The van der Waals surface area contributed by atoms with Crippen LogP contribution in [-0.2, 0) is 4.79 Å². The van der Waals surface area contributed by atoms with E-state index in [-0.39, 0.29) is 5.91 Å². The van der Waals surface area contributed by atoms with Gasteiger partial charge in [0, 0.05) is 0 Å². The number of hydrogen-bond donors (Lipinski definition) is 0. The van der Waals surface area contributed by atoms with Gasteiger partial charge in [0.15, 0.2) is 17.3 Å². The van der Waals surface area contributed by atoms with Crippen molar-refractivity contribution in [2.45, 2.75) is 0 Å². The Morgan fingerprint density at radius 2 is 1.75 bits per heavy atom. The lowest BCUT2D eigenvalue weighted by molar-refractivity contribution is -0.114. The number of hydrogen-bond acceptors (Lipinski definition) is 5. The molecular formula is C22H18N2O4. The summed E-state index contributed by atoms with van der Waals surface area (Å²) in [5.74, 6) is 1.50. The van der Waals surface area contributed by atoms with E-state index in [1.807, 2.05) is 42.5 Å². The molecule has 0 atom stereocenters. The van der Waals surface area contributed by atoms with E-state index in [0.29, 0.717) is 34.2 Å². The first-order valence-corrected chi connectivity index (χ1v) is 8.67. The predicted molar refractivity (Wildman–Crippen MR) is 107 cm³/mol. The summed E-state index contributed by atoms with van der Waals surface area (Å²) in [5, 5.41) is 5.90. The fourth-order valence-corrected chi connectivity index (χ4v) is 2.99. The number of furan rings is 1. The SMILES string of the molecule is COc1ccc(/C=C2/C(=O)N(c3ccccc3)N=C2c2ccco2)cc1OC. The Morgan fingerprint density at radius 3 is 2.43 bits per heavy atom. The molecule has 1 amide bonds. The Bertz CT molecular complexity index is 1050. The number of methoxy groups -OCH3 is 2. The molecule has 28 heavy (non-hydrogen) atoms. The van der Waals surface area contributed by atoms with Crippen molar-refractivity contribution >= 4 is 23.4 Å². The molecule has 4 rings (SSSR count). The van der Waals surface area contributed by atoms with Crippen molar-refractivity contribution in [3.63, 3.8) is 0 Å². The quantitative estimate of drug-likeness (QED) is 0.630. The molecule has 2 aromatic carbocycles. The maximum Gasteiger partial charge on any atom is 0.281 e. The van der Waals surface area contributed by atoms with Crippen LogP contribution in [0.3, 0.4) is 0 Å². The van der Waals surface area contributed by atoms with Crippen LogP contribution in [0, 0.1) is 0 Å². The minimum Gasteiger partial charge on any atom is -0.493 e. The van der Waals surface area contributed by atoms with Crippen molar-refractivity contribution in [3.05, 3.63) is 83.8 Å². The monoisotopic (exact) mass is 374 g/mol. The summed E-state index contributed by atoms with van der Waals surface area (Å²) in [7, 11) is 3.15. The van der Waals surface area contributed by atoms with Gasteiger partial charge in [-0.25, -0.2) is 0 Å². The molecule has 0 saturated carbocycles. The number of ether oxygens (including phenoxy) is 2. The van der Waals surface area contributed by atoms with Gasteiger partial charge in [-0.1, -0.05) is 24.3 Å². The van der Waals surface area contributed by atoms with Gasteiger partial charge in [0.2, 0.25) is 0 Å². The molecule has 0 radical (unpaired) electrons. The summed E-state index contributed by atoms with van der Waals surface area (Å²) in [4.78, 5) is 13.1. The third kappa shape index (κ3) is 3.16. The van der Waals surface area contributed by atoms with Gasteiger partial charge in [0.05, 0.1) is 31.7 Å². The first-order valence-electron chi connectivity index (χ1n) is 8.67. The highest BCUT2D eigenvalue weighted by molar-refractivity contribution is 6.36. The molecule has 0 N–H and O–H groups in total. The van der Waals surface area contributed by atoms with Crippen LogP contribution < -0.4 is 14.5 Å². The van der Waals surface area contributed by atoms with Gasteiger partial charge >= 0.3 is 0 Å². The van der Waals surface area contributed by atoms with E-state index in [1.165, 1.54) is 5.01 Å². The number of para-hydroxylation sites is 1. The second-order valence-electron chi connectivity index (χ2n) is 6.05. The molecule has 6 nitrogen and oxygen atoms in total. The Kier molecular flexibility index (Phi) is 4.68. The summed E-state index contributed by atoms with van der Waals surface area (Å²) < 4.78 is 16.1. The average molecular weight is 374 g/mol. The second kappa shape index (κ2) is 7.44. The highest BCUT2D eigenvalue weighted by Gasteiger charge is 2.33. The number of nitrogens with zero attached hydrogens (tertiary/aromatic N) is 2. The van der Waals surface area contributed by atoms with Crippen molar-refractivity contribution in [1.29, 1.82) is 0 Å².